The van der Waals surface area contributed by atoms with E-state index in [0.29, 0.717) is 13.1 Å². The van der Waals surface area contributed by atoms with Crippen molar-refractivity contribution in [3.05, 3.63) is 6.20 Å². The summed E-state index contributed by atoms with van der Waals surface area (Å²) in [5, 5.41) is 12.7. The van der Waals surface area contributed by atoms with E-state index in [2.05, 4.69) is 55.3 Å². The number of fused-ring (bicyclic) bond motifs is 1. The fourth-order valence-corrected chi connectivity index (χ4v) is 3.97. The van der Waals surface area contributed by atoms with Crippen LogP contribution in [0.2, 0.25) is 0 Å². The van der Waals surface area contributed by atoms with Crippen LogP contribution in [0, 0.1) is 5.92 Å². The number of thioether (sulfide) groups is 1. The molecule has 0 radical (unpaired) electrons. The van der Waals surface area contributed by atoms with Crippen molar-refractivity contribution >= 4 is 34.5 Å². The smallest absolute Gasteiger partial charge is 0.223 e. The number of aromatic nitrogens is 4. The highest BCUT2D eigenvalue weighted by Crippen LogP contribution is 2.25. The van der Waals surface area contributed by atoms with Gasteiger partial charge in [-0.05, 0) is 33.1 Å². The zero-order valence-corrected chi connectivity index (χ0v) is 19.3. The Morgan fingerprint density at radius 2 is 1.86 bits per heavy atom. The Bertz CT molecular complexity index is 770. The van der Waals surface area contributed by atoms with Crippen molar-refractivity contribution in [2.75, 3.05) is 17.6 Å². The SMILES string of the molecule is CCCSc1nc(NC(C)C)c2cnn(CCNC(=O)C(CCC)CCC)c2n1. The van der Waals surface area contributed by atoms with Crippen molar-refractivity contribution < 1.29 is 4.79 Å². The lowest BCUT2D eigenvalue weighted by Crippen LogP contribution is -2.33. The lowest BCUT2D eigenvalue weighted by Gasteiger charge is -2.15. The molecule has 2 N–H and O–H groups in total. The molecule has 1 amide bonds. The van der Waals surface area contributed by atoms with E-state index in [4.69, 9.17) is 4.98 Å². The maximum absolute atomic E-state index is 12.5. The first-order valence-electron chi connectivity index (χ1n) is 10.9. The fraction of sp³-hybridized carbons (Fsp3) is 0.714. The summed E-state index contributed by atoms with van der Waals surface area (Å²) in [5.41, 5.74) is 0.815. The van der Waals surface area contributed by atoms with E-state index >= 15 is 0 Å². The second-order valence-electron chi connectivity index (χ2n) is 7.67. The Labute approximate surface area is 178 Å². The molecule has 0 aliphatic carbocycles. The van der Waals surface area contributed by atoms with Crippen molar-refractivity contribution in [3.63, 3.8) is 0 Å². The van der Waals surface area contributed by atoms with Crippen LogP contribution in [0.3, 0.4) is 0 Å². The maximum atomic E-state index is 12.5. The predicted molar refractivity (Wildman–Crippen MR) is 121 cm³/mol. The molecule has 0 aliphatic rings. The molecule has 0 spiro atoms. The van der Waals surface area contributed by atoms with Gasteiger partial charge in [0.1, 0.15) is 5.82 Å². The van der Waals surface area contributed by atoms with Crippen LogP contribution < -0.4 is 10.6 Å². The molecule has 2 heterocycles. The zero-order valence-electron chi connectivity index (χ0n) is 18.5. The van der Waals surface area contributed by atoms with Gasteiger partial charge in [0, 0.05) is 24.3 Å². The fourth-order valence-electron chi connectivity index (χ4n) is 3.27. The molecule has 162 valence electrons. The van der Waals surface area contributed by atoms with Crippen LogP contribution in [-0.2, 0) is 11.3 Å². The normalized spacial score (nSPS) is 11.6. The van der Waals surface area contributed by atoms with Crippen molar-refractivity contribution in [2.24, 2.45) is 5.92 Å². The van der Waals surface area contributed by atoms with Gasteiger partial charge in [0.05, 0.1) is 18.1 Å². The van der Waals surface area contributed by atoms with Crippen molar-refractivity contribution in [1.29, 1.82) is 0 Å². The lowest BCUT2D eigenvalue weighted by molar-refractivity contribution is -0.125. The van der Waals surface area contributed by atoms with Gasteiger partial charge in [-0.15, -0.1) is 0 Å². The van der Waals surface area contributed by atoms with Gasteiger partial charge in [0.25, 0.3) is 0 Å². The molecule has 8 heteroatoms. The number of hydrogen-bond donors (Lipinski definition) is 2. The van der Waals surface area contributed by atoms with Crippen molar-refractivity contribution in [2.45, 2.75) is 84.5 Å². The molecule has 29 heavy (non-hydrogen) atoms. The Kier molecular flexibility index (Phi) is 9.70. The van der Waals surface area contributed by atoms with Gasteiger partial charge in [-0.25, -0.2) is 14.6 Å². The van der Waals surface area contributed by atoms with Crippen LogP contribution in [-0.4, -0.2) is 44.0 Å². The average molecular weight is 421 g/mol. The van der Waals surface area contributed by atoms with E-state index in [9.17, 15) is 4.79 Å². The molecule has 0 saturated carbocycles. The summed E-state index contributed by atoms with van der Waals surface area (Å²) in [6, 6.07) is 0.272. The van der Waals surface area contributed by atoms with E-state index in [1.165, 1.54) is 0 Å². The number of anilines is 1. The Balaban J connectivity index is 2.13. The highest BCUT2D eigenvalue weighted by molar-refractivity contribution is 7.99. The second-order valence-corrected chi connectivity index (χ2v) is 8.73. The number of nitrogens with zero attached hydrogens (tertiary/aromatic N) is 4. The molecule has 2 rings (SSSR count). The van der Waals surface area contributed by atoms with Gasteiger partial charge in [-0.1, -0.05) is 45.4 Å². The van der Waals surface area contributed by atoms with Crippen LogP contribution in [0.25, 0.3) is 11.0 Å². The van der Waals surface area contributed by atoms with Gasteiger partial charge < -0.3 is 10.6 Å². The monoisotopic (exact) mass is 420 g/mol. The van der Waals surface area contributed by atoms with Crippen LogP contribution in [0.5, 0.6) is 0 Å². The molecule has 0 fully saturated rings. The van der Waals surface area contributed by atoms with Crippen LogP contribution in [0.1, 0.15) is 66.7 Å². The predicted octanol–water partition coefficient (Wildman–Crippen LogP) is 4.48. The lowest BCUT2D eigenvalue weighted by atomic mass is 9.97. The first-order chi connectivity index (χ1) is 14.0. The largest absolute Gasteiger partial charge is 0.367 e. The quantitative estimate of drug-likeness (QED) is 0.367. The number of carbonyl (C=O) groups is 1. The Hall–Kier alpha value is -1.83. The van der Waals surface area contributed by atoms with Crippen LogP contribution in [0.15, 0.2) is 11.4 Å². The number of hydrogen-bond acceptors (Lipinski definition) is 6. The van der Waals surface area contributed by atoms with Crippen LogP contribution in [0.4, 0.5) is 5.82 Å². The van der Waals surface area contributed by atoms with Gasteiger partial charge in [-0.3, -0.25) is 4.79 Å². The van der Waals surface area contributed by atoms with E-state index in [0.717, 1.165) is 59.9 Å². The Morgan fingerprint density at radius 3 is 2.48 bits per heavy atom. The highest BCUT2D eigenvalue weighted by Gasteiger charge is 2.17. The minimum Gasteiger partial charge on any atom is -0.367 e. The summed E-state index contributed by atoms with van der Waals surface area (Å²) in [7, 11) is 0. The topological polar surface area (TPSA) is 84.7 Å². The number of carbonyl (C=O) groups excluding carboxylic acids is 1. The molecular weight excluding hydrogens is 384 g/mol. The van der Waals surface area contributed by atoms with E-state index in [1.807, 2.05) is 10.9 Å². The van der Waals surface area contributed by atoms with E-state index < -0.39 is 0 Å². The average Bonchev–Trinajstić information content (AvgIpc) is 3.09. The molecule has 2 aromatic rings. The summed E-state index contributed by atoms with van der Waals surface area (Å²) < 4.78 is 1.87. The molecule has 0 saturated heterocycles. The van der Waals surface area contributed by atoms with E-state index in [-0.39, 0.29) is 17.9 Å². The minimum atomic E-state index is 0.112. The maximum Gasteiger partial charge on any atom is 0.223 e. The molecule has 0 aliphatic heterocycles. The first kappa shape index (κ1) is 23.4. The molecular formula is C21H36N6OS. The number of rotatable bonds is 13. The second kappa shape index (κ2) is 12.0. The summed E-state index contributed by atoms with van der Waals surface area (Å²) >= 11 is 1.66. The molecule has 0 aromatic carbocycles. The van der Waals surface area contributed by atoms with Gasteiger partial charge in [-0.2, -0.15) is 5.10 Å². The van der Waals surface area contributed by atoms with Gasteiger partial charge in [0.2, 0.25) is 5.91 Å². The van der Waals surface area contributed by atoms with Gasteiger partial charge in [0.15, 0.2) is 10.8 Å². The number of nitrogens with one attached hydrogen (secondary N) is 2. The zero-order chi connectivity index (χ0) is 21.2. The van der Waals surface area contributed by atoms with Gasteiger partial charge >= 0.3 is 0 Å². The highest BCUT2D eigenvalue weighted by atomic mass is 32.2. The van der Waals surface area contributed by atoms with Crippen molar-refractivity contribution in [3.8, 4) is 0 Å². The van der Waals surface area contributed by atoms with Crippen LogP contribution >= 0.6 is 11.8 Å². The summed E-state index contributed by atoms with van der Waals surface area (Å²) in [4.78, 5) is 21.9. The minimum absolute atomic E-state index is 0.112. The molecule has 0 bridgehead atoms. The molecule has 2 aromatic heterocycles. The third-order valence-corrected chi connectivity index (χ3v) is 5.66. The third kappa shape index (κ3) is 6.87. The standard InChI is InChI=1S/C21H36N6OS/c1-6-9-16(10-7-2)20(28)22-11-12-27-19-17(14-23-27)18(24-15(4)5)25-21(26-19)29-13-8-3/h14-16H,6-13H2,1-5H3,(H,22,28)(H,24,25,26). The summed E-state index contributed by atoms with van der Waals surface area (Å²) in [5.74, 6) is 2.07. The molecule has 0 unspecified atom stereocenters. The first-order valence-corrected chi connectivity index (χ1v) is 11.9. The third-order valence-electron chi connectivity index (χ3n) is 4.60. The van der Waals surface area contributed by atoms with Crippen molar-refractivity contribution in [1.82, 2.24) is 25.1 Å². The summed E-state index contributed by atoms with van der Waals surface area (Å²) in [6.07, 6.45) is 6.83. The molecule has 0 atom stereocenters. The number of amides is 1. The Morgan fingerprint density at radius 1 is 1.14 bits per heavy atom. The molecule has 7 nitrogen and oxygen atoms in total. The summed E-state index contributed by atoms with van der Waals surface area (Å²) in [6.45, 7) is 11.7. The van der Waals surface area contributed by atoms with E-state index in [1.54, 1.807) is 11.8 Å².